The Kier molecular flexibility index (Phi) is 50.9. The van der Waals surface area contributed by atoms with Crippen molar-refractivity contribution in [2.75, 3.05) is 13.2 Å². The van der Waals surface area contributed by atoms with Crippen LogP contribution < -0.4 is 0 Å². The second-order valence-corrected chi connectivity index (χ2v) is 17.7. The van der Waals surface area contributed by atoms with Gasteiger partial charge >= 0.3 is 17.9 Å². The van der Waals surface area contributed by atoms with E-state index in [2.05, 4.69) is 118 Å². The van der Waals surface area contributed by atoms with Crippen molar-refractivity contribution >= 4 is 17.9 Å². The molecule has 0 aliphatic carbocycles. The van der Waals surface area contributed by atoms with Gasteiger partial charge in [0.2, 0.25) is 0 Å². The molecule has 0 N–H and O–H groups in total. The van der Waals surface area contributed by atoms with Gasteiger partial charge in [-0.25, -0.2) is 0 Å². The molecule has 0 saturated carbocycles. The maximum atomic E-state index is 12.8. The van der Waals surface area contributed by atoms with Crippen molar-refractivity contribution in [3.63, 3.8) is 0 Å². The maximum Gasteiger partial charge on any atom is 0.306 e. The third-order valence-electron chi connectivity index (χ3n) is 11.3. The molecule has 0 heterocycles. The summed E-state index contributed by atoms with van der Waals surface area (Å²) in [6, 6.07) is 0. The standard InChI is InChI=1S/C60H100O6/c1-4-7-10-13-16-19-22-25-27-29-30-31-33-35-38-41-44-47-50-53-59(62)65-56-57(55-64-58(61)52-49-46-43-40-37-34-24-21-18-15-12-9-6-3)66-60(63)54-51-48-45-42-39-36-32-28-26-23-20-17-14-11-8-5-2/h7-8,10-11,16-17,19-20,25-28,30-31,36,39,57H,4-6,9,12-15,18,21-24,29,32-35,37-38,40-56H2,1-3H3/b10-7-,11-8-,19-16-,20-17-,27-25-,28-26-,31-30-,39-36-. The molecular weight excluding hydrogens is 817 g/mol. The predicted octanol–water partition coefficient (Wildman–Crippen LogP) is 18.1. The van der Waals surface area contributed by atoms with Crippen molar-refractivity contribution in [1.29, 1.82) is 0 Å². The number of rotatable bonds is 48. The second kappa shape index (κ2) is 53.9. The Morgan fingerprint density at radius 2 is 0.591 bits per heavy atom. The molecule has 0 aliphatic heterocycles. The van der Waals surface area contributed by atoms with Gasteiger partial charge < -0.3 is 14.2 Å². The van der Waals surface area contributed by atoms with E-state index in [1.54, 1.807) is 0 Å². The van der Waals surface area contributed by atoms with Crippen LogP contribution in [0.1, 0.15) is 245 Å². The minimum absolute atomic E-state index is 0.0942. The molecule has 0 fully saturated rings. The molecule has 0 spiro atoms. The smallest absolute Gasteiger partial charge is 0.306 e. The van der Waals surface area contributed by atoms with E-state index in [0.717, 1.165) is 128 Å². The van der Waals surface area contributed by atoms with Crippen molar-refractivity contribution in [3.8, 4) is 0 Å². The average Bonchev–Trinajstić information content (AvgIpc) is 3.31. The summed E-state index contributed by atoms with van der Waals surface area (Å²) < 4.78 is 16.8. The topological polar surface area (TPSA) is 78.9 Å². The highest BCUT2D eigenvalue weighted by Crippen LogP contribution is 2.15. The van der Waals surface area contributed by atoms with Gasteiger partial charge in [0.05, 0.1) is 0 Å². The average molecular weight is 917 g/mol. The number of allylic oxidation sites excluding steroid dienone is 16. The van der Waals surface area contributed by atoms with Crippen LogP contribution in [-0.4, -0.2) is 37.2 Å². The van der Waals surface area contributed by atoms with Crippen LogP contribution in [0.25, 0.3) is 0 Å². The molecule has 0 saturated heterocycles. The van der Waals surface area contributed by atoms with Crippen LogP contribution in [0, 0.1) is 0 Å². The van der Waals surface area contributed by atoms with Gasteiger partial charge in [-0.05, 0) is 96.3 Å². The molecule has 0 aromatic rings. The molecule has 0 bridgehead atoms. The van der Waals surface area contributed by atoms with Crippen LogP contribution in [0.3, 0.4) is 0 Å². The molecule has 0 aliphatic rings. The molecule has 1 unspecified atom stereocenters. The van der Waals surface area contributed by atoms with Gasteiger partial charge in [0.1, 0.15) is 13.2 Å². The van der Waals surface area contributed by atoms with Crippen molar-refractivity contribution in [2.45, 2.75) is 252 Å². The zero-order valence-corrected chi connectivity index (χ0v) is 42.9. The zero-order valence-electron chi connectivity index (χ0n) is 42.9. The van der Waals surface area contributed by atoms with Gasteiger partial charge in [-0.3, -0.25) is 14.4 Å². The zero-order chi connectivity index (χ0) is 47.9. The van der Waals surface area contributed by atoms with Crippen molar-refractivity contribution in [2.24, 2.45) is 0 Å². The number of esters is 3. The quantitative estimate of drug-likeness (QED) is 0.0262. The minimum Gasteiger partial charge on any atom is -0.462 e. The van der Waals surface area contributed by atoms with Crippen molar-refractivity contribution < 1.29 is 28.6 Å². The van der Waals surface area contributed by atoms with Gasteiger partial charge in [-0.2, -0.15) is 0 Å². The van der Waals surface area contributed by atoms with E-state index >= 15 is 0 Å². The van der Waals surface area contributed by atoms with E-state index < -0.39 is 6.10 Å². The number of unbranched alkanes of at least 4 members (excludes halogenated alkanes) is 21. The van der Waals surface area contributed by atoms with E-state index in [4.69, 9.17) is 14.2 Å². The Hall–Kier alpha value is -3.67. The summed E-state index contributed by atoms with van der Waals surface area (Å²) in [6.07, 6.45) is 71.0. The molecule has 0 aromatic carbocycles. The van der Waals surface area contributed by atoms with Gasteiger partial charge in [0, 0.05) is 19.3 Å². The SMILES string of the molecule is CC/C=C\C/C=C\C/C=C\C/C=C\CCCCCCCCC(=O)OCC(COC(=O)CCCCCCCCCCCCCCC)OC(=O)CCCCC/C=C\C/C=C\C/C=C\C/C=C\CC. The minimum atomic E-state index is -0.799. The summed E-state index contributed by atoms with van der Waals surface area (Å²) in [6.45, 7) is 6.37. The number of carbonyl (C=O) groups excluding carboxylic acids is 3. The number of carbonyl (C=O) groups is 3. The largest absolute Gasteiger partial charge is 0.462 e. The van der Waals surface area contributed by atoms with Gasteiger partial charge in [0.25, 0.3) is 0 Å². The van der Waals surface area contributed by atoms with Crippen LogP contribution in [0.2, 0.25) is 0 Å². The van der Waals surface area contributed by atoms with E-state index in [9.17, 15) is 14.4 Å². The normalized spacial score (nSPS) is 12.8. The molecule has 1 atom stereocenters. The summed E-state index contributed by atoms with van der Waals surface area (Å²) >= 11 is 0. The Labute approximate surface area is 407 Å². The van der Waals surface area contributed by atoms with Crippen LogP contribution in [0.5, 0.6) is 0 Å². The third kappa shape index (κ3) is 51.3. The molecule has 6 nitrogen and oxygen atoms in total. The summed E-state index contributed by atoms with van der Waals surface area (Å²) in [5.74, 6) is -0.939. The summed E-state index contributed by atoms with van der Waals surface area (Å²) in [5, 5.41) is 0. The Bertz CT molecular complexity index is 1330. The lowest BCUT2D eigenvalue weighted by atomic mass is 10.0. The van der Waals surface area contributed by atoms with Crippen LogP contribution in [0.4, 0.5) is 0 Å². The number of hydrogen-bond donors (Lipinski definition) is 0. The number of hydrogen-bond acceptors (Lipinski definition) is 6. The molecule has 376 valence electrons. The highest BCUT2D eigenvalue weighted by atomic mass is 16.6. The highest BCUT2D eigenvalue weighted by Gasteiger charge is 2.19. The first-order chi connectivity index (χ1) is 32.5. The van der Waals surface area contributed by atoms with Gasteiger partial charge in [-0.15, -0.1) is 0 Å². The summed E-state index contributed by atoms with van der Waals surface area (Å²) in [5.41, 5.74) is 0. The first-order valence-electron chi connectivity index (χ1n) is 27.2. The molecule has 0 rings (SSSR count). The van der Waals surface area contributed by atoms with Crippen LogP contribution >= 0.6 is 0 Å². The van der Waals surface area contributed by atoms with E-state index in [1.165, 1.54) is 77.0 Å². The van der Waals surface area contributed by atoms with Crippen molar-refractivity contribution in [3.05, 3.63) is 97.2 Å². The number of ether oxygens (including phenoxy) is 3. The Morgan fingerprint density at radius 3 is 0.939 bits per heavy atom. The molecule has 66 heavy (non-hydrogen) atoms. The Morgan fingerprint density at radius 1 is 0.318 bits per heavy atom. The van der Waals surface area contributed by atoms with Crippen LogP contribution in [-0.2, 0) is 28.6 Å². The third-order valence-corrected chi connectivity index (χ3v) is 11.3. The fourth-order valence-electron chi connectivity index (χ4n) is 7.31. The lowest BCUT2D eigenvalue weighted by molar-refractivity contribution is -0.167. The van der Waals surface area contributed by atoms with E-state index in [1.807, 2.05) is 0 Å². The maximum absolute atomic E-state index is 12.8. The lowest BCUT2D eigenvalue weighted by Gasteiger charge is -2.18. The van der Waals surface area contributed by atoms with E-state index in [0.29, 0.717) is 12.8 Å². The fraction of sp³-hybridized carbons (Fsp3) is 0.683. The van der Waals surface area contributed by atoms with Gasteiger partial charge in [-0.1, -0.05) is 227 Å². The lowest BCUT2D eigenvalue weighted by Crippen LogP contribution is -2.30. The predicted molar refractivity (Wildman–Crippen MR) is 284 cm³/mol. The summed E-state index contributed by atoms with van der Waals surface area (Å²) in [7, 11) is 0. The second-order valence-electron chi connectivity index (χ2n) is 17.7. The van der Waals surface area contributed by atoms with Crippen molar-refractivity contribution in [1.82, 2.24) is 0 Å². The Balaban J connectivity index is 4.45. The monoisotopic (exact) mass is 917 g/mol. The summed E-state index contributed by atoms with van der Waals surface area (Å²) in [4.78, 5) is 38.1. The first-order valence-corrected chi connectivity index (χ1v) is 27.2. The molecule has 6 heteroatoms. The first kappa shape index (κ1) is 62.3. The molecular formula is C60H100O6. The van der Waals surface area contributed by atoms with E-state index in [-0.39, 0.29) is 37.5 Å². The van der Waals surface area contributed by atoms with Crippen LogP contribution in [0.15, 0.2) is 97.2 Å². The van der Waals surface area contributed by atoms with Gasteiger partial charge in [0.15, 0.2) is 6.10 Å². The fourth-order valence-corrected chi connectivity index (χ4v) is 7.31. The molecule has 0 amide bonds. The molecule has 0 radical (unpaired) electrons. The molecule has 0 aromatic heterocycles. The highest BCUT2D eigenvalue weighted by molar-refractivity contribution is 5.71.